The molecule has 0 unspecified atom stereocenters. The van der Waals surface area contributed by atoms with Crippen molar-refractivity contribution >= 4 is 24.2 Å². The summed E-state index contributed by atoms with van der Waals surface area (Å²) in [7, 11) is 0. The van der Waals surface area contributed by atoms with Gasteiger partial charge in [0.2, 0.25) is 0 Å². The van der Waals surface area contributed by atoms with Crippen molar-refractivity contribution in [1.82, 2.24) is 0 Å². The molecule has 2 radical (unpaired) electrons. The van der Waals surface area contributed by atoms with Gasteiger partial charge in [0.15, 0.2) is 0 Å². The van der Waals surface area contributed by atoms with Crippen LogP contribution in [0.15, 0.2) is 24.3 Å². The van der Waals surface area contributed by atoms with Crippen LogP contribution < -0.4 is 8.79 Å². The SMILES string of the molecule is FC(F)(F)c1cc(C(F)(F)F)[c]([Ge][c]2c(C(F)(F)F)cc(C(F)(F)F)cc2C(F)(F)F)c(C(F)(F)F)c1. The maximum atomic E-state index is 13.5. The Kier molecular flexibility index (Phi) is 7.68. The first-order valence-electron chi connectivity index (χ1n) is 8.71. The van der Waals surface area contributed by atoms with Gasteiger partial charge in [0.05, 0.1) is 0 Å². The minimum absolute atomic E-state index is 0.932. The molecule has 19 heteroatoms. The normalized spacial score (nSPS) is 14.3. The molecular weight excluding hydrogens is 631 g/mol. The number of benzene rings is 2. The number of hydrogen-bond acceptors (Lipinski definition) is 0. The van der Waals surface area contributed by atoms with Crippen molar-refractivity contribution in [3.05, 3.63) is 57.6 Å². The molecule has 0 aliphatic carbocycles. The Morgan fingerprint density at radius 3 is 0.649 bits per heavy atom. The van der Waals surface area contributed by atoms with Crippen molar-refractivity contribution in [2.75, 3.05) is 0 Å². The van der Waals surface area contributed by atoms with E-state index in [0.717, 1.165) is 0 Å². The number of alkyl halides is 18. The molecule has 2 aromatic rings. The van der Waals surface area contributed by atoms with Crippen LogP contribution in [0.5, 0.6) is 0 Å². The Bertz CT molecular complexity index is 993. The zero-order valence-corrected chi connectivity index (χ0v) is 18.7. The van der Waals surface area contributed by atoms with Crippen LogP contribution in [0.1, 0.15) is 33.4 Å². The van der Waals surface area contributed by atoms with Gasteiger partial charge in [-0.25, -0.2) is 0 Å². The van der Waals surface area contributed by atoms with E-state index in [-0.39, 0.29) is 0 Å². The molecule has 0 aliphatic rings. The minimum atomic E-state index is -6.15. The van der Waals surface area contributed by atoms with E-state index in [1.165, 1.54) is 0 Å². The van der Waals surface area contributed by atoms with Crippen molar-refractivity contribution in [1.29, 1.82) is 0 Å². The Morgan fingerprint density at radius 2 is 0.514 bits per heavy atom. The fraction of sp³-hybridized carbons (Fsp3) is 0.333. The van der Waals surface area contributed by atoms with E-state index < -0.39 is 119 Å². The van der Waals surface area contributed by atoms with Gasteiger partial charge in [-0.05, 0) is 0 Å². The fourth-order valence-corrected chi connectivity index (χ4v) is 6.35. The van der Waals surface area contributed by atoms with Crippen LogP contribution >= 0.6 is 0 Å². The van der Waals surface area contributed by atoms with Gasteiger partial charge in [-0.1, -0.05) is 0 Å². The fourth-order valence-electron chi connectivity index (χ4n) is 2.90. The first-order valence-corrected chi connectivity index (χ1v) is 10.8. The number of hydrogen-bond donors (Lipinski definition) is 0. The molecule has 0 saturated heterocycles. The molecule has 2 rings (SSSR count). The van der Waals surface area contributed by atoms with Crippen LogP contribution in [-0.4, -0.2) is 15.4 Å². The van der Waals surface area contributed by atoms with Crippen LogP contribution in [0.3, 0.4) is 0 Å². The molecule has 0 N–H and O–H groups in total. The van der Waals surface area contributed by atoms with E-state index >= 15 is 0 Å². The summed E-state index contributed by atoms with van der Waals surface area (Å²) in [5, 5.41) is 0. The summed E-state index contributed by atoms with van der Waals surface area (Å²) < 4.78 is 235. The van der Waals surface area contributed by atoms with Crippen molar-refractivity contribution in [3.8, 4) is 0 Å². The molecule has 37 heavy (non-hydrogen) atoms. The quantitative estimate of drug-likeness (QED) is 0.238. The number of rotatable bonds is 2. The molecule has 0 spiro atoms. The van der Waals surface area contributed by atoms with Crippen molar-refractivity contribution in [3.63, 3.8) is 0 Å². The summed E-state index contributed by atoms with van der Waals surface area (Å²) in [6.45, 7) is 0. The molecule has 0 saturated carbocycles. The average Bonchev–Trinajstić information content (AvgIpc) is 2.62. The predicted molar refractivity (Wildman–Crippen MR) is 87.9 cm³/mol. The Morgan fingerprint density at radius 1 is 0.324 bits per heavy atom. The summed E-state index contributed by atoms with van der Waals surface area (Å²) in [5.74, 6) is 0. The molecule has 0 fully saturated rings. The van der Waals surface area contributed by atoms with Crippen LogP contribution in [0, 0.1) is 0 Å². The van der Waals surface area contributed by atoms with Gasteiger partial charge < -0.3 is 0 Å². The summed E-state index contributed by atoms with van der Waals surface area (Å²) in [6, 6.07) is -3.73. The van der Waals surface area contributed by atoms with Crippen LogP contribution in [0.4, 0.5) is 79.0 Å². The summed E-state index contributed by atoms with van der Waals surface area (Å²) in [4.78, 5) is 0. The topological polar surface area (TPSA) is 0 Å². The molecule has 0 amide bonds. The Balaban J connectivity index is 3.12. The zero-order valence-electron chi connectivity index (χ0n) is 16.6. The van der Waals surface area contributed by atoms with Crippen molar-refractivity contribution in [2.24, 2.45) is 0 Å². The standard InChI is InChI=1S/C18H4F18Ge/c19-13(20,21)5-1-7(15(25,26)27)11(8(2-5)16(28,29)30)37-12-9(17(31,32)33)3-6(14(22,23)24)4-10(12)18(34,35)36/h1-4H. The third kappa shape index (κ3) is 6.98. The second kappa shape index (κ2) is 9.18. The molecule has 0 atom stereocenters. The number of halogens is 18. The third-order valence-corrected chi connectivity index (χ3v) is 7.71. The van der Waals surface area contributed by atoms with E-state index in [4.69, 9.17) is 0 Å². The van der Waals surface area contributed by atoms with Crippen molar-refractivity contribution in [2.45, 2.75) is 37.1 Å². The Labute approximate surface area is 198 Å². The average molecular weight is 635 g/mol. The van der Waals surface area contributed by atoms with Gasteiger partial charge in [0, 0.05) is 0 Å². The Hall–Kier alpha value is -2.28. The molecule has 0 nitrogen and oxygen atoms in total. The molecule has 2 aromatic carbocycles. The van der Waals surface area contributed by atoms with E-state index in [1.807, 2.05) is 0 Å². The first-order chi connectivity index (χ1) is 16.1. The zero-order chi connectivity index (χ0) is 29.2. The van der Waals surface area contributed by atoms with E-state index in [2.05, 4.69) is 0 Å². The molecule has 0 heterocycles. The molecule has 0 aromatic heterocycles. The summed E-state index contributed by atoms with van der Waals surface area (Å²) in [5.41, 5.74) is -16.5. The van der Waals surface area contributed by atoms with Gasteiger partial charge in [0.25, 0.3) is 0 Å². The molecule has 0 aliphatic heterocycles. The second-order valence-corrected chi connectivity index (χ2v) is 9.63. The predicted octanol–water partition coefficient (Wildman–Crippen LogP) is 7.45. The molecule has 206 valence electrons. The van der Waals surface area contributed by atoms with Crippen molar-refractivity contribution < 1.29 is 79.0 Å². The monoisotopic (exact) mass is 636 g/mol. The second-order valence-electron chi connectivity index (χ2n) is 7.00. The maximum absolute atomic E-state index is 13.5. The summed E-state index contributed by atoms with van der Waals surface area (Å²) in [6.07, 6.45) is -36.3. The van der Waals surface area contributed by atoms with Crippen LogP contribution in [0.2, 0.25) is 0 Å². The van der Waals surface area contributed by atoms with E-state index in [1.54, 1.807) is 0 Å². The van der Waals surface area contributed by atoms with Gasteiger partial charge in [0.1, 0.15) is 0 Å². The third-order valence-electron chi connectivity index (χ3n) is 4.40. The molecule has 0 bridgehead atoms. The van der Waals surface area contributed by atoms with E-state index in [0.29, 0.717) is 0 Å². The van der Waals surface area contributed by atoms with Gasteiger partial charge in [-0.3, -0.25) is 0 Å². The molecular formula is C18H4F18Ge. The van der Waals surface area contributed by atoms with E-state index in [9.17, 15) is 79.0 Å². The van der Waals surface area contributed by atoms with Gasteiger partial charge >= 0.3 is 198 Å². The van der Waals surface area contributed by atoms with Gasteiger partial charge in [-0.15, -0.1) is 0 Å². The summed E-state index contributed by atoms with van der Waals surface area (Å²) >= 11 is -4.23. The van der Waals surface area contributed by atoms with Crippen LogP contribution in [-0.2, 0) is 37.1 Å². The van der Waals surface area contributed by atoms with Crippen LogP contribution in [0.25, 0.3) is 0 Å². The first kappa shape index (κ1) is 30.9. The van der Waals surface area contributed by atoms with Gasteiger partial charge in [-0.2, -0.15) is 0 Å².